The highest BCUT2D eigenvalue weighted by Crippen LogP contribution is 2.32. The van der Waals surface area contributed by atoms with Crippen molar-refractivity contribution in [2.24, 2.45) is 0 Å². The second-order valence-electron chi connectivity index (χ2n) is 6.88. The largest absolute Gasteiger partial charge is 0.356 e. The Balaban J connectivity index is 1.93. The molecular weight excluding hydrogens is 380 g/mol. The van der Waals surface area contributed by atoms with E-state index in [0.29, 0.717) is 26.3 Å². The highest BCUT2D eigenvalue weighted by atomic mass is 32.2. The van der Waals surface area contributed by atoms with E-state index in [1.165, 1.54) is 23.1 Å². The lowest BCUT2D eigenvalue weighted by Gasteiger charge is -2.29. The van der Waals surface area contributed by atoms with E-state index in [2.05, 4.69) is 4.90 Å². The van der Waals surface area contributed by atoms with Gasteiger partial charge in [-0.3, -0.25) is 18.9 Å². The highest BCUT2D eigenvalue weighted by molar-refractivity contribution is 8.26. The number of carbonyl (C=O) groups excluding carboxylic acids is 1. The fraction of sp³-hybridized carbons (Fsp3) is 0.368. The molecule has 0 aromatic carbocycles. The van der Waals surface area contributed by atoms with Gasteiger partial charge in [-0.2, -0.15) is 0 Å². The second kappa shape index (κ2) is 7.09. The van der Waals surface area contributed by atoms with Gasteiger partial charge in [0, 0.05) is 26.3 Å². The van der Waals surface area contributed by atoms with Crippen LogP contribution >= 0.6 is 24.0 Å². The summed E-state index contributed by atoms with van der Waals surface area (Å²) in [7, 11) is 1.65. The molecule has 140 valence electrons. The summed E-state index contributed by atoms with van der Waals surface area (Å²) in [5, 5.41) is 0. The van der Waals surface area contributed by atoms with Gasteiger partial charge in [-0.15, -0.1) is 0 Å². The number of thiocarbonyl (C=S) groups is 1. The van der Waals surface area contributed by atoms with Gasteiger partial charge < -0.3 is 4.90 Å². The van der Waals surface area contributed by atoms with Crippen LogP contribution in [0.2, 0.25) is 0 Å². The molecule has 0 aliphatic carbocycles. The number of rotatable bonds is 2. The monoisotopic (exact) mass is 400 g/mol. The summed E-state index contributed by atoms with van der Waals surface area (Å²) in [6, 6.07) is 3.81. The van der Waals surface area contributed by atoms with E-state index in [1.54, 1.807) is 23.7 Å². The Morgan fingerprint density at radius 1 is 1.19 bits per heavy atom. The molecule has 4 heterocycles. The summed E-state index contributed by atoms with van der Waals surface area (Å²) < 4.78 is 2.05. The van der Waals surface area contributed by atoms with Gasteiger partial charge in [-0.05, 0) is 43.9 Å². The summed E-state index contributed by atoms with van der Waals surface area (Å²) in [4.78, 5) is 34.6. The molecule has 0 N–H and O–H groups in total. The Morgan fingerprint density at radius 2 is 1.93 bits per heavy atom. The minimum atomic E-state index is -0.177. The fourth-order valence-corrected chi connectivity index (χ4v) is 4.56. The smallest absolute Gasteiger partial charge is 0.267 e. The maximum absolute atomic E-state index is 13.3. The number of hydrogen-bond acceptors (Lipinski definition) is 6. The molecular formula is C19H20N4O2S2. The highest BCUT2D eigenvalue weighted by Gasteiger charge is 2.30. The molecule has 6 nitrogen and oxygen atoms in total. The zero-order valence-corrected chi connectivity index (χ0v) is 16.9. The van der Waals surface area contributed by atoms with Gasteiger partial charge in [0.05, 0.1) is 10.5 Å². The molecule has 4 rings (SSSR count). The predicted molar refractivity (Wildman–Crippen MR) is 113 cm³/mol. The first-order chi connectivity index (χ1) is 13.0. The van der Waals surface area contributed by atoms with Crippen molar-refractivity contribution in [1.82, 2.24) is 14.3 Å². The van der Waals surface area contributed by atoms with Gasteiger partial charge >= 0.3 is 0 Å². The number of amides is 1. The molecule has 0 bridgehead atoms. The van der Waals surface area contributed by atoms with Crippen molar-refractivity contribution < 1.29 is 4.79 Å². The van der Waals surface area contributed by atoms with E-state index in [1.807, 2.05) is 19.1 Å². The number of thioether (sulfide) groups is 1. The molecule has 0 atom stereocenters. The molecule has 0 saturated carbocycles. The van der Waals surface area contributed by atoms with Crippen molar-refractivity contribution in [1.29, 1.82) is 0 Å². The van der Waals surface area contributed by atoms with Crippen LogP contribution in [0, 0.1) is 6.92 Å². The van der Waals surface area contributed by atoms with Crippen molar-refractivity contribution in [2.75, 3.05) is 25.0 Å². The lowest BCUT2D eigenvalue weighted by Crippen LogP contribution is -2.33. The molecule has 2 saturated heterocycles. The van der Waals surface area contributed by atoms with Crippen LogP contribution in [0.25, 0.3) is 11.7 Å². The molecule has 1 amide bonds. The molecule has 0 radical (unpaired) electrons. The van der Waals surface area contributed by atoms with Crippen LogP contribution in [0.1, 0.15) is 30.4 Å². The summed E-state index contributed by atoms with van der Waals surface area (Å²) >= 11 is 6.44. The number of hydrogen-bond donors (Lipinski definition) is 0. The van der Waals surface area contributed by atoms with E-state index in [-0.39, 0.29) is 11.5 Å². The lowest BCUT2D eigenvalue weighted by atomic mass is 10.1. The molecule has 2 fully saturated rings. The number of piperidine rings is 1. The zero-order chi connectivity index (χ0) is 19.1. The van der Waals surface area contributed by atoms with Crippen molar-refractivity contribution >= 4 is 51.7 Å². The molecule has 0 unspecified atom stereocenters. The normalized spacial score (nSPS) is 19.6. The van der Waals surface area contributed by atoms with Gasteiger partial charge in [0.25, 0.3) is 11.5 Å². The van der Waals surface area contributed by atoms with Crippen LogP contribution in [-0.4, -0.2) is 44.6 Å². The van der Waals surface area contributed by atoms with Crippen molar-refractivity contribution in [3.05, 3.63) is 44.7 Å². The van der Waals surface area contributed by atoms with Gasteiger partial charge in [0.1, 0.15) is 15.8 Å². The SMILES string of the molecule is Cc1ccc2nc(N3CCCCC3)c(C=C3SC(=S)N(C)C3=O)c(=O)n2c1. The minimum absolute atomic E-state index is 0.161. The maximum Gasteiger partial charge on any atom is 0.267 e. The number of likely N-dealkylation sites (N-methyl/N-ethyl adjacent to an activating group) is 1. The first-order valence-corrected chi connectivity index (χ1v) is 10.2. The first kappa shape index (κ1) is 18.2. The van der Waals surface area contributed by atoms with Crippen LogP contribution in [-0.2, 0) is 4.79 Å². The molecule has 2 aliphatic heterocycles. The van der Waals surface area contributed by atoms with E-state index >= 15 is 0 Å². The number of carbonyl (C=O) groups is 1. The average molecular weight is 401 g/mol. The quantitative estimate of drug-likeness (QED) is 0.571. The third-order valence-electron chi connectivity index (χ3n) is 4.90. The molecule has 2 aromatic heterocycles. The number of pyridine rings is 1. The molecule has 27 heavy (non-hydrogen) atoms. The number of anilines is 1. The van der Waals surface area contributed by atoms with Gasteiger partial charge in [-0.25, -0.2) is 4.98 Å². The molecule has 8 heteroatoms. The number of aryl methyl sites for hydroxylation is 1. The van der Waals surface area contributed by atoms with E-state index in [4.69, 9.17) is 17.2 Å². The van der Waals surface area contributed by atoms with Gasteiger partial charge in [-0.1, -0.05) is 30.0 Å². The van der Waals surface area contributed by atoms with Crippen molar-refractivity contribution in [3.63, 3.8) is 0 Å². The van der Waals surface area contributed by atoms with Crippen molar-refractivity contribution in [3.8, 4) is 0 Å². The molecule has 0 spiro atoms. The number of aromatic nitrogens is 2. The third kappa shape index (κ3) is 3.27. The topological polar surface area (TPSA) is 57.9 Å². The van der Waals surface area contributed by atoms with Crippen LogP contribution in [0.5, 0.6) is 0 Å². The number of fused-ring (bicyclic) bond motifs is 1. The first-order valence-electron chi connectivity index (χ1n) is 8.95. The standard InChI is InChI=1S/C19H20N4O2S2/c1-12-6-7-15-20-16(22-8-4-3-5-9-22)13(17(24)23(15)11-12)10-14-18(25)21(2)19(26)27-14/h6-7,10-11H,3-5,8-9H2,1-2H3. The summed E-state index contributed by atoms with van der Waals surface area (Å²) in [5.41, 5.74) is 1.88. The Morgan fingerprint density at radius 3 is 2.59 bits per heavy atom. The average Bonchev–Trinajstić information content (AvgIpc) is 2.92. The van der Waals surface area contributed by atoms with Crippen LogP contribution in [0.3, 0.4) is 0 Å². The van der Waals surface area contributed by atoms with Gasteiger partial charge in [0.15, 0.2) is 0 Å². The lowest BCUT2D eigenvalue weighted by molar-refractivity contribution is -0.121. The Bertz CT molecular complexity index is 1040. The molecule has 2 aliphatic rings. The second-order valence-corrected chi connectivity index (χ2v) is 8.55. The van der Waals surface area contributed by atoms with Crippen molar-refractivity contribution in [2.45, 2.75) is 26.2 Å². The predicted octanol–water partition coefficient (Wildman–Crippen LogP) is 2.82. The van der Waals surface area contributed by atoms with Gasteiger partial charge in [0.2, 0.25) is 0 Å². The summed E-state index contributed by atoms with van der Waals surface area (Å²) in [5.74, 6) is 0.480. The van der Waals surface area contributed by atoms with E-state index < -0.39 is 0 Å². The Labute approximate surface area is 166 Å². The fourth-order valence-electron chi connectivity index (χ4n) is 3.40. The van der Waals surface area contributed by atoms with Crippen LogP contribution < -0.4 is 10.5 Å². The molecule has 2 aromatic rings. The minimum Gasteiger partial charge on any atom is -0.356 e. The zero-order valence-electron chi connectivity index (χ0n) is 15.3. The van der Waals surface area contributed by atoms with Crippen LogP contribution in [0.15, 0.2) is 28.0 Å². The number of nitrogens with zero attached hydrogens (tertiary/aromatic N) is 4. The Kier molecular flexibility index (Phi) is 4.77. The van der Waals surface area contributed by atoms with E-state index in [9.17, 15) is 9.59 Å². The maximum atomic E-state index is 13.3. The summed E-state index contributed by atoms with van der Waals surface area (Å²) in [6.07, 6.45) is 6.78. The van der Waals surface area contributed by atoms with Crippen LogP contribution in [0.4, 0.5) is 5.82 Å². The third-order valence-corrected chi connectivity index (χ3v) is 6.39. The summed E-state index contributed by atoms with van der Waals surface area (Å²) in [6.45, 7) is 3.67. The Hall–Kier alpha value is -2.19. The van der Waals surface area contributed by atoms with E-state index in [0.717, 1.165) is 31.5 Å².